The minimum Gasteiger partial charge on any atom is -0.339 e. The summed E-state index contributed by atoms with van der Waals surface area (Å²) in [6, 6.07) is 4.68. The predicted octanol–water partition coefficient (Wildman–Crippen LogP) is 1.83. The molecule has 2 fully saturated rings. The summed E-state index contributed by atoms with van der Waals surface area (Å²) in [5.41, 5.74) is 0. The van der Waals surface area contributed by atoms with Crippen LogP contribution in [0.25, 0.3) is 0 Å². The Morgan fingerprint density at radius 1 is 1.36 bits per heavy atom. The minimum absolute atomic E-state index is 0.0212. The summed E-state index contributed by atoms with van der Waals surface area (Å²) < 4.78 is 1.82. The summed E-state index contributed by atoms with van der Waals surface area (Å²) in [7, 11) is 0. The number of aromatic nitrogens is 4. The molecule has 1 atom stereocenters. The highest BCUT2D eigenvalue weighted by Crippen LogP contribution is 2.36. The molecule has 1 aliphatic carbocycles. The summed E-state index contributed by atoms with van der Waals surface area (Å²) in [5, 5.41) is 14.8. The fraction of sp³-hybridized carbons (Fsp3) is 0.571. The van der Waals surface area contributed by atoms with Gasteiger partial charge in [-0.2, -0.15) is 0 Å². The Hall–Kier alpha value is -1.41. The molecular formula is C14H17N5OS2. The molecule has 1 amide bonds. The van der Waals surface area contributed by atoms with Gasteiger partial charge in [0.1, 0.15) is 0 Å². The summed E-state index contributed by atoms with van der Waals surface area (Å²) in [6.07, 6.45) is 4.16. The van der Waals surface area contributed by atoms with Crippen LogP contribution in [0.4, 0.5) is 0 Å². The van der Waals surface area contributed by atoms with Crippen molar-refractivity contribution in [3.63, 3.8) is 0 Å². The standard InChI is InChI=1S/C14H17N5OS2/c20-13-12(6-7-18(13)10-3-4-10)22-14-15-16-17-19(14)8-5-11-2-1-9-21-11/h1-2,9-10,12H,3-8H2/t12-/m1/s1. The first-order valence-corrected chi connectivity index (χ1v) is 9.33. The molecule has 1 saturated carbocycles. The first kappa shape index (κ1) is 14.2. The van der Waals surface area contributed by atoms with E-state index in [2.05, 4.69) is 33.0 Å². The van der Waals surface area contributed by atoms with Gasteiger partial charge in [-0.25, -0.2) is 4.68 Å². The SMILES string of the molecule is O=C1[C@H](Sc2nnnn2CCc2cccs2)CCN1C1CC1. The number of rotatable bonds is 6. The lowest BCUT2D eigenvalue weighted by Gasteiger charge is -2.14. The molecule has 6 nitrogen and oxygen atoms in total. The Labute approximate surface area is 136 Å². The van der Waals surface area contributed by atoms with Crippen LogP contribution in [-0.2, 0) is 17.8 Å². The van der Waals surface area contributed by atoms with E-state index < -0.39 is 0 Å². The van der Waals surface area contributed by atoms with Crippen molar-refractivity contribution in [2.75, 3.05) is 6.54 Å². The monoisotopic (exact) mass is 335 g/mol. The molecule has 8 heteroatoms. The lowest BCUT2D eigenvalue weighted by Crippen LogP contribution is -2.30. The summed E-state index contributed by atoms with van der Waals surface area (Å²) in [6.45, 7) is 1.64. The Bertz CT molecular complexity index is 652. The van der Waals surface area contributed by atoms with Gasteiger partial charge < -0.3 is 4.90 Å². The van der Waals surface area contributed by atoms with Gasteiger partial charge in [0, 0.05) is 23.9 Å². The molecule has 2 aromatic heterocycles. The van der Waals surface area contributed by atoms with Crippen LogP contribution in [-0.4, -0.2) is 48.9 Å². The molecule has 0 spiro atoms. The van der Waals surface area contributed by atoms with E-state index in [0.29, 0.717) is 6.04 Å². The van der Waals surface area contributed by atoms with E-state index in [9.17, 15) is 4.79 Å². The molecule has 0 unspecified atom stereocenters. The normalized spacial score (nSPS) is 21.7. The molecule has 1 aliphatic heterocycles. The number of carbonyl (C=O) groups excluding carboxylic acids is 1. The fourth-order valence-corrected chi connectivity index (χ4v) is 4.50. The van der Waals surface area contributed by atoms with Crippen LogP contribution in [0.2, 0.25) is 0 Å². The van der Waals surface area contributed by atoms with Crippen LogP contribution < -0.4 is 0 Å². The second-order valence-electron chi connectivity index (χ2n) is 5.67. The average molecular weight is 335 g/mol. The fourth-order valence-electron chi connectivity index (χ4n) is 2.75. The van der Waals surface area contributed by atoms with Crippen molar-refractivity contribution >= 4 is 29.0 Å². The molecule has 0 aromatic carbocycles. The van der Waals surface area contributed by atoms with Crippen molar-refractivity contribution in [3.8, 4) is 0 Å². The van der Waals surface area contributed by atoms with Crippen LogP contribution in [0.15, 0.2) is 22.7 Å². The highest BCUT2D eigenvalue weighted by Gasteiger charge is 2.41. The maximum atomic E-state index is 12.4. The van der Waals surface area contributed by atoms with Crippen molar-refractivity contribution in [1.29, 1.82) is 0 Å². The van der Waals surface area contributed by atoms with Crippen molar-refractivity contribution in [3.05, 3.63) is 22.4 Å². The van der Waals surface area contributed by atoms with Crippen LogP contribution in [0.5, 0.6) is 0 Å². The number of likely N-dealkylation sites (tertiary alicyclic amines) is 1. The predicted molar refractivity (Wildman–Crippen MR) is 84.8 cm³/mol. The van der Waals surface area contributed by atoms with Crippen molar-refractivity contribution in [2.45, 2.75) is 48.7 Å². The Morgan fingerprint density at radius 3 is 3.05 bits per heavy atom. The Morgan fingerprint density at radius 2 is 2.27 bits per heavy atom. The molecule has 116 valence electrons. The highest BCUT2D eigenvalue weighted by molar-refractivity contribution is 8.00. The Kier molecular flexibility index (Phi) is 3.87. The third kappa shape index (κ3) is 2.89. The number of amides is 1. The van der Waals surface area contributed by atoms with Gasteiger partial charge in [-0.15, -0.1) is 16.4 Å². The Balaban J connectivity index is 1.39. The molecule has 2 aromatic rings. The lowest BCUT2D eigenvalue weighted by molar-refractivity contribution is -0.127. The van der Waals surface area contributed by atoms with Crippen LogP contribution in [0.3, 0.4) is 0 Å². The van der Waals surface area contributed by atoms with Crippen LogP contribution in [0.1, 0.15) is 24.1 Å². The van der Waals surface area contributed by atoms with E-state index in [0.717, 1.165) is 31.1 Å². The van der Waals surface area contributed by atoms with Crippen molar-refractivity contribution in [2.24, 2.45) is 0 Å². The van der Waals surface area contributed by atoms with E-state index in [1.54, 1.807) is 11.3 Å². The molecule has 0 N–H and O–H groups in total. The number of tetrazole rings is 1. The smallest absolute Gasteiger partial charge is 0.236 e. The number of nitrogens with zero attached hydrogens (tertiary/aromatic N) is 5. The molecule has 1 saturated heterocycles. The van der Waals surface area contributed by atoms with E-state index in [1.807, 2.05) is 9.58 Å². The third-order valence-corrected chi connectivity index (χ3v) is 6.24. The zero-order chi connectivity index (χ0) is 14.9. The number of carbonyl (C=O) groups is 1. The first-order chi connectivity index (χ1) is 10.8. The average Bonchev–Trinajstić information content (AvgIpc) is 2.92. The van der Waals surface area contributed by atoms with E-state index >= 15 is 0 Å². The highest BCUT2D eigenvalue weighted by atomic mass is 32.2. The molecule has 0 bridgehead atoms. The van der Waals surface area contributed by atoms with Crippen molar-refractivity contribution < 1.29 is 4.79 Å². The van der Waals surface area contributed by atoms with E-state index in [-0.39, 0.29) is 11.2 Å². The number of aryl methyl sites for hydroxylation is 2. The van der Waals surface area contributed by atoms with E-state index in [4.69, 9.17) is 0 Å². The van der Waals surface area contributed by atoms with E-state index in [1.165, 1.54) is 29.5 Å². The summed E-state index contributed by atoms with van der Waals surface area (Å²) in [5.74, 6) is 0.264. The van der Waals surface area contributed by atoms with Crippen molar-refractivity contribution in [1.82, 2.24) is 25.1 Å². The number of hydrogen-bond donors (Lipinski definition) is 0. The van der Waals surface area contributed by atoms with Gasteiger partial charge in [0.15, 0.2) is 0 Å². The van der Waals surface area contributed by atoms with Gasteiger partial charge in [0.25, 0.3) is 0 Å². The second kappa shape index (κ2) is 6.00. The largest absolute Gasteiger partial charge is 0.339 e. The van der Waals surface area contributed by atoms with Gasteiger partial charge in [0.2, 0.25) is 11.1 Å². The third-order valence-electron chi connectivity index (χ3n) is 4.08. The van der Waals surface area contributed by atoms with Gasteiger partial charge in [-0.05, 0) is 41.1 Å². The second-order valence-corrected chi connectivity index (χ2v) is 7.87. The minimum atomic E-state index is -0.0212. The number of thioether (sulfide) groups is 1. The molecule has 4 rings (SSSR count). The molecular weight excluding hydrogens is 318 g/mol. The number of hydrogen-bond acceptors (Lipinski definition) is 6. The lowest BCUT2D eigenvalue weighted by atomic mass is 10.3. The van der Waals surface area contributed by atoms with Crippen LogP contribution >= 0.6 is 23.1 Å². The molecule has 2 aliphatic rings. The molecule has 0 radical (unpaired) electrons. The number of thiophene rings is 1. The maximum absolute atomic E-state index is 12.4. The zero-order valence-corrected chi connectivity index (χ0v) is 13.7. The zero-order valence-electron chi connectivity index (χ0n) is 12.1. The maximum Gasteiger partial charge on any atom is 0.236 e. The van der Waals surface area contributed by atoms with Crippen LogP contribution in [0, 0.1) is 0 Å². The first-order valence-electron chi connectivity index (χ1n) is 7.57. The quantitative estimate of drug-likeness (QED) is 0.806. The summed E-state index contributed by atoms with van der Waals surface area (Å²) in [4.78, 5) is 15.8. The van der Waals surface area contributed by atoms with Gasteiger partial charge in [0.05, 0.1) is 11.8 Å². The van der Waals surface area contributed by atoms with Gasteiger partial charge in [-0.1, -0.05) is 17.8 Å². The summed E-state index contributed by atoms with van der Waals surface area (Å²) >= 11 is 3.26. The molecule has 3 heterocycles. The van der Waals surface area contributed by atoms with Gasteiger partial charge in [-0.3, -0.25) is 4.79 Å². The molecule has 22 heavy (non-hydrogen) atoms. The topological polar surface area (TPSA) is 63.9 Å². The van der Waals surface area contributed by atoms with Gasteiger partial charge >= 0.3 is 0 Å².